The van der Waals surface area contributed by atoms with Crippen molar-refractivity contribution < 1.29 is 0 Å². The maximum atomic E-state index is 6.05. The molecule has 0 aromatic heterocycles. The fourth-order valence-corrected chi connectivity index (χ4v) is 2.36. The molecule has 2 N–H and O–H groups in total. The number of hydrogen-bond donors (Lipinski definition) is 1. The summed E-state index contributed by atoms with van der Waals surface area (Å²) in [5.74, 6) is 0. The predicted molar refractivity (Wildman–Crippen MR) is 51.8 cm³/mol. The standard InChI is InChI=1S/C11H17N/c1-8-6-7-11(12)10-5-3-2-4-9(8)10/h6,11H,2-5,7,12H2,1H3. The van der Waals surface area contributed by atoms with E-state index in [2.05, 4.69) is 13.0 Å². The summed E-state index contributed by atoms with van der Waals surface area (Å²) in [5.41, 5.74) is 10.7. The molecule has 1 heteroatoms. The summed E-state index contributed by atoms with van der Waals surface area (Å²) in [6.07, 6.45) is 8.59. The summed E-state index contributed by atoms with van der Waals surface area (Å²) in [5, 5.41) is 0. The van der Waals surface area contributed by atoms with E-state index in [4.69, 9.17) is 5.73 Å². The highest BCUT2D eigenvalue weighted by atomic mass is 14.6. The van der Waals surface area contributed by atoms with E-state index in [1.165, 1.54) is 31.3 Å². The zero-order valence-corrected chi connectivity index (χ0v) is 7.77. The molecule has 0 bridgehead atoms. The van der Waals surface area contributed by atoms with Crippen molar-refractivity contribution in [2.75, 3.05) is 0 Å². The van der Waals surface area contributed by atoms with Gasteiger partial charge in [-0.3, -0.25) is 0 Å². The molecule has 2 rings (SSSR count). The quantitative estimate of drug-likeness (QED) is 0.583. The van der Waals surface area contributed by atoms with Crippen LogP contribution in [-0.2, 0) is 0 Å². The molecule has 1 atom stereocenters. The van der Waals surface area contributed by atoms with Gasteiger partial charge in [0.25, 0.3) is 0 Å². The minimum Gasteiger partial charge on any atom is -0.324 e. The second-order valence-electron chi connectivity index (χ2n) is 3.94. The molecule has 0 spiro atoms. The Bertz CT molecular complexity index is 248. The van der Waals surface area contributed by atoms with Crippen molar-refractivity contribution in [1.29, 1.82) is 0 Å². The van der Waals surface area contributed by atoms with Gasteiger partial charge < -0.3 is 5.73 Å². The second-order valence-corrected chi connectivity index (χ2v) is 3.94. The van der Waals surface area contributed by atoms with Crippen LogP contribution in [0.25, 0.3) is 0 Å². The Morgan fingerprint density at radius 2 is 2.08 bits per heavy atom. The SMILES string of the molecule is CC1=CCC(N)C2=C1CCCC2. The minimum atomic E-state index is 0.337. The Hall–Kier alpha value is -0.560. The van der Waals surface area contributed by atoms with Crippen molar-refractivity contribution in [1.82, 2.24) is 0 Å². The van der Waals surface area contributed by atoms with Gasteiger partial charge in [-0.05, 0) is 50.2 Å². The van der Waals surface area contributed by atoms with E-state index < -0.39 is 0 Å². The smallest absolute Gasteiger partial charge is 0.0294 e. The molecule has 0 fully saturated rings. The molecule has 0 radical (unpaired) electrons. The lowest BCUT2D eigenvalue weighted by Gasteiger charge is -2.28. The summed E-state index contributed by atoms with van der Waals surface area (Å²) < 4.78 is 0. The predicted octanol–water partition coefficient (Wildman–Crippen LogP) is 2.53. The van der Waals surface area contributed by atoms with Gasteiger partial charge in [-0.15, -0.1) is 0 Å². The van der Waals surface area contributed by atoms with Gasteiger partial charge in [-0.2, -0.15) is 0 Å². The molecule has 0 saturated carbocycles. The van der Waals surface area contributed by atoms with Crippen LogP contribution in [0.1, 0.15) is 39.0 Å². The minimum absolute atomic E-state index is 0.337. The summed E-state index contributed by atoms with van der Waals surface area (Å²) in [6.45, 7) is 2.23. The first-order valence-electron chi connectivity index (χ1n) is 4.93. The first-order chi connectivity index (χ1) is 5.79. The molecule has 12 heavy (non-hydrogen) atoms. The zero-order chi connectivity index (χ0) is 8.55. The Kier molecular flexibility index (Phi) is 2.05. The van der Waals surface area contributed by atoms with Crippen LogP contribution in [0, 0.1) is 0 Å². The van der Waals surface area contributed by atoms with Gasteiger partial charge in [0.15, 0.2) is 0 Å². The Balaban J connectivity index is 2.34. The van der Waals surface area contributed by atoms with Gasteiger partial charge in [-0.1, -0.05) is 11.6 Å². The van der Waals surface area contributed by atoms with Gasteiger partial charge >= 0.3 is 0 Å². The lowest BCUT2D eigenvalue weighted by molar-refractivity contribution is 0.603. The van der Waals surface area contributed by atoms with E-state index in [9.17, 15) is 0 Å². The molecule has 2 aliphatic rings. The maximum Gasteiger partial charge on any atom is 0.0294 e. The monoisotopic (exact) mass is 163 g/mol. The van der Waals surface area contributed by atoms with Gasteiger partial charge in [-0.25, -0.2) is 0 Å². The van der Waals surface area contributed by atoms with E-state index in [0.29, 0.717) is 6.04 Å². The van der Waals surface area contributed by atoms with E-state index in [1.807, 2.05) is 0 Å². The Morgan fingerprint density at radius 3 is 2.83 bits per heavy atom. The van der Waals surface area contributed by atoms with Crippen LogP contribution in [-0.4, -0.2) is 6.04 Å². The highest BCUT2D eigenvalue weighted by molar-refractivity contribution is 5.41. The van der Waals surface area contributed by atoms with Crippen molar-refractivity contribution in [2.24, 2.45) is 5.73 Å². The Labute approximate surface area is 74.3 Å². The molecular formula is C11H17N. The van der Waals surface area contributed by atoms with Gasteiger partial charge in [0, 0.05) is 6.04 Å². The molecule has 1 nitrogen and oxygen atoms in total. The maximum absolute atomic E-state index is 6.05. The van der Waals surface area contributed by atoms with E-state index >= 15 is 0 Å². The van der Waals surface area contributed by atoms with Crippen molar-refractivity contribution in [3.63, 3.8) is 0 Å². The molecule has 2 aliphatic carbocycles. The number of rotatable bonds is 0. The highest BCUT2D eigenvalue weighted by Gasteiger charge is 2.21. The number of nitrogens with two attached hydrogens (primary N) is 1. The fourth-order valence-electron chi connectivity index (χ4n) is 2.36. The molecule has 0 heterocycles. The van der Waals surface area contributed by atoms with E-state index in [1.54, 1.807) is 11.1 Å². The molecule has 0 aromatic carbocycles. The van der Waals surface area contributed by atoms with Gasteiger partial charge in [0.2, 0.25) is 0 Å². The third-order valence-electron chi connectivity index (χ3n) is 3.11. The number of allylic oxidation sites excluding steroid dienone is 2. The van der Waals surface area contributed by atoms with Crippen LogP contribution < -0.4 is 5.73 Å². The van der Waals surface area contributed by atoms with Crippen LogP contribution in [0.4, 0.5) is 0 Å². The van der Waals surface area contributed by atoms with Crippen LogP contribution in [0.15, 0.2) is 22.8 Å². The molecule has 1 unspecified atom stereocenters. The normalized spacial score (nSPS) is 29.8. The van der Waals surface area contributed by atoms with Crippen molar-refractivity contribution in [2.45, 2.75) is 45.1 Å². The first-order valence-corrected chi connectivity index (χ1v) is 4.93. The third-order valence-corrected chi connectivity index (χ3v) is 3.11. The van der Waals surface area contributed by atoms with Gasteiger partial charge in [0.1, 0.15) is 0 Å². The fraction of sp³-hybridized carbons (Fsp3) is 0.636. The van der Waals surface area contributed by atoms with E-state index in [-0.39, 0.29) is 0 Å². The first kappa shape index (κ1) is 8.06. The Morgan fingerprint density at radius 1 is 1.33 bits per heavy atom. The lowest BCUT2D eigenvalue weighted by atomic mass is 9.80. The summed E-state index contributed by atoms with van der Waals surface area (Å²) in [6, 6.07) is 0.337. The van der Waals surface area contributed by atoms with Crippen LogP contribution in [0.3, 0.4) is 0 Å². The van der Waals surface area contributed by atoms with Crippen LogP contribution >= 0.6 is 0 Å². The summed E-state index contributed by atoms with van der Waals surface area (Å²) in [7, 11) is 0. The molecule has 66 valence electrons. The molecule has 0 aliphatic heterocycles. The topological polar surface area (TPSA) is 26.0 Å². The second kappa shape index (κ2) is 3.06. The third kappa shape index (κ3) is 1.22. The lowest BCUT2D eigenvalue weighted by Crippen LogP contribution is -2.27. The largest absolute Gasteiger partial charge is 0.324 e. The molecular weight excluding hydrogens is 146 g/mol. The van der Waals surface area contributed by atoms with Crippen molar-refractivity contribution >= 4 is 0 Å². The van der Waals surface area contributed by atoms with Crippen LogP contribution in [0.2, 0.25) is 0 Å². The van der Waals surface area contributed by atoms with Crippen LogP contribution in [0.5, 0.6) is 0 Å². The zero-order valence-electron chi connectivity index (χ0n) is 7.77. The van der Waals surface area contributed by atoms with Crippen molar-refractivity contribution in [3.05, 3.63) is 22.8 Å². The molecule has 0 saturated heterocycles. The summed E-state index contributed by atoms with van der Waals surface area (Å²) >= 11 is 0. The average molecular weight is 163 g/mol. The van der Waals surface area contributed by atoms with E-state index in [0.717, 1.165) is 6.42 Å². The number of hydrogen-bond acceptors (Lipinski definition) is 1. The van der Waals surface area contributed by atoms with Crippen molar-refractivity contribution in [3.8, 4) is 0 Å². The highest BCUT2D eigenvalue weighted by Crippen LogP contribution is 2.34. The van der Waals surface area contributed by atoms with Gasteiger partial charge in [0.05, 0.1) is 0 Å². The summed E-state index contributed by atoms with van der Waals surface area (Å²) in [4.78, 5) is 0. The molecule has 0 amide bonds. The average Bonchev–Trinajstić information content (AvgIpc) is 2.12. The molecule has 0 aromatic rings.